The molecule has 2 atom stereocenters. The largest absolute Gasteiger partial charge is 0.378 e. The summed E-state index contributed by atoms with van der Waals surface area (Å²) in [6.07, 6.45) is 8.06. The van der Waals surface area contributed by atoms with Crippen molar-refractivity contribution in [3.63, 3.8) is 0 Å². The van der Waals surface area contributed by atoms with E-state index in [2.05, 4.69) is 19.2 Å². The van der Waals surface area contributed by atoms with Crippen LogP contribution in [0.15, 0.2) is 0 Å². The van der Waals surface area contributed by atoms with Gasteiger partial charge in [0.15, 0.2) is 0 Å². The summed E-state index contributed by atoms with van der Waals surface area (Å²) in [6.45, 7) is 6.49. The third-order valence-electron chi connectivity index (χ3n) is 2.87. The number of hydrogen-bond donors (Lipinski definition) is 1. The Hall–Kier alpha value is -0.0800. The fourth-order valence-electron chi connectivity index (χ4n) is 2.11. The molecule has 1 saturated carbocycles. The second kappa shape index (κ2) is 7.24. The van der Waals surface area contributed by atoms with Crippen LogP contribution in [-0.4, -0.2) is 25.3 Å². The van der Waals surface area contributed by atoms with Crippen LogP contribution in [0.25, 0.3) is 0 Å². The smallest absolute Gasteiger partial charge is 0.0590 e. The van der Waals surface area contributed by atoms with E-state index in [1.165, 1.54) is 32.1 Å². The molecule has 1 rings (SSSR count). The van der Waals surface area contributed by atoms with Gasteiger partial charge in [-0.1, -0.05) is 13.8 Å². The summed E-state index contributed by atoms with van der Waals surface area (Å²) in [6, 6.07) is 0.713. The quantitative estimate of drug-likeness (QED) is 0.710. The van der Waals surface area contributed by atoms with Gasteiger partial charge in [0, 0.05) is 12.6 Å². The number of ether oxygens (including phenoxy) is 1. The third-order valence-corrected chi connectivity index (χ3v) is 2.87. The van der Waals surface area contributed by atoms with Gasteiger partial charge in [-0.15, -0.1) is 0 Å². The molecule has 14 heavy (non-hydrogen) atoms. The molecule has 84 valence electrons. The van der Waals surface area contributed by atoms with Crippen LogP contribution in [0.2, 0.25) is 0 Å². The predicted molar refractivity (Wildman–Crippen MR) is 60.6 cm³/mol. The summed E-state index contributed by atoms with van der Waals surface area (Å²) in [5.41, 5.74) is 0. The molecule has 0 aromatic heterocycles. The van der Waals surface area contributed by atoms with Crippen LogP contribution in [-0.2, 0) is 4.74 Å². The van der Waals surface area contributed by atoms with Crippen LogP contribution in [0.5, 0.6) is 0 Å². The van der Waals surface area contributed by atoms with E-state index < -0.39 is 0 Å². The fraction of sp³-hybridized carbons (Fsp3) is 1.00. The normalized spacial score (nSPS) is 27.9. The van der Waals surface area contributed by atoms with Crippen LogP contribution >= 0.6 is 0 Å². The fourth-order valence-corrected chi connectivity index (χ4v) is 2.11. The zero-order chi connectivity index (χ0) is 10.2. The van der Waals surface area contributed by atoms with E-state index in [1.807, 2.05) is 0 Å². The van der Waals surface area contributed by atoms with Crippen molar-refractivity contribution in [1.82, 2.24) is 5.32 Å². The van der Waals surface area contributed by atoms with E-state index in [0.29, 0.717) is 12.1 Å². The Labute approximate surface area is 88.4 Å². The zero-order valence-electron chi connectivity index (χ0n) is 9.72. The topological polar surface area (TPSA) is 21.3 Å². The average molecular weight is 199 g/mol. The summed E-state index contributed by atoms with van der Waals surface area (Å²) in [7, 11) is 0. The highest BCUT2D eigenvalue weighted by atomic mass is 16.5. The van der Waals surface area contributed by atoms with Crippen molar-refractivity contribution in [2.45, 2.75) is 64.5 Å². The van der Waals surface area contributed by atoms with Gasteiger partial charge in [0.1, 0.15) is 0 Å². The minimum atomic E-state index is 0.526. The lowest BCUT2D eigenvalue weighted by atomic mass is 9.93. The summed E-state index contributed by atoms with van der Waals surface area (Å²) >= 11 is 0. The average Bonchev–Trinajstić information content (AvgIpc) is 2.24. The first-order valence-electron chi connectivity index (χ1n) is 6.21. The van der Waals surface area contributed by atoms with Crippen molar-refractivity contribution in [1.29, 1.82) is 0 Å². The molecule has 0 aromatic carbocycles. The standard InChI is InChI=1S/C12H25NO/c1-3-8-13-11-6-5-7-12(10-11)14-9-4-2/h11-13H,3-10H2,1-2H3. The molecule has 0 aliphatic heterocycles. The molecule has 0 heterocycles. The molecule has 1 aliphatic rings. The van der Waals surface area contributed by atoms with Gasteiger partial charge in [0.2, 0.25) is 0 Å². The molecule has 0 amide bonds. The Balaban J connectivity index is 2.14. The molecular weight excluding hydrogens is 174 g/mol. The van der Waals surface area contributed by atoms with Crippen molar-refractivity contribution < 1.29 is 4.74 Å². The summed E-state index contributed by atoms with van der Waals surface area (Å²) in [5, 5.41) is 3.60. The van der Waals surface area contributed by atoms with Crippen LogP contribution in [0.3, 0.4) is 0 Å². The molecule has 0 spiro atoms. The Kier molecular flexibility index (Phi) is 6.20. The lowest BCUT2D eigenvalue weighted by molar-refractivity contribution is 0.0200. The lowest BCUT2D eigenvalue weighted by Gasteiger charge is -2.29. The van der Waals surface area contributed by atoms with Crippen molar-refractivity contribution in [3.8, 4) is 0 Å². The van der Waals surface area contributed by atoms with Gasteiger partial charge in [-0.3, -0.25) is 0 Å². The van der Waals surface area contributed by atoms with Crippen molar-refractivity contribution in [2.75, 3.05) is 13.2 Å². The Morgan fingerprint density at radius 2 is 2.07 bits per heavy atom. The molecular formula is C12H25NO. The highest BCUT2D eigenvalue weighted by molar-refractivity contribution is 4.78. The number of hydrogen-bond acceptors (Lipinski definition) is 2. The monoisotopic (exact) mass is 199 g/mol. The van der Waals surface area contributed by atoms with Crippen molar-refractivity contribution in [3.05, 3.63) is 0 Å². The molecule has 1 N–H and O–H groups in total. The van der Waals surface area contributed by atoms with Crippen LogP contribution in [0, 0.1) is 0 Å². The van der Waals surface area contributed by atoms with Crippen LogP contribution in [0.4, 0.5) is 0 Å². The van der Waals surface area contributed by atoms with Gasteiger partial charge in [0.25, 0.3) is 0 Å². The maximum atomic E-state index is 5.80. The van der Waals surface area contributed by atoms with Gasteiger partial charge in [-0.2, -0.15) is 0 Å². The van der Waals surface area contributed by atoms with Crippen molar-refractivity contribution in [2.24, 2.45) is 0 Å². The van der Waals surface area contributed by atoms with E-state index >= 15 is 0 Å². The molecule has 1 aliphatic carbocycles. The van der Waals surface area contributed by atoms with E-state index in [-0.39, 0.29) is 0 Å². The first kappa shape index (κ1) is 12.0. The Morgan fingerprint density at radius 1 is 1.21 bits per heavy atom. The SMILES string of the molecule is CCCNC1CCCC(OCCC)C1. The highest BCUT2D eigenvalue weighted by Crippen LogP contribution is 2.21. The molecule has 0 radical (unpaired) electrons. The Morgan fingerprint density at radius 3 is 2.79 bits per heavy atom. The molecule has 2 nitrogen and oxygen atoms in total. The van der Waals surface area contributed by atoms with E-state index in [0.717, 1.165) is 19.6 Å². The van der Waals surface area contributed by atoms with Crippen LogP contribution < -0.4 is 5.32 Å². The van der Waals surface area contributed by atoms with Gasteiger partial charge in [-0.25, -0.2) is 0 Å². The molecule has 2 heteroatoms. The predicted octanol–water partition coefficient (Wildman–Crippen LogP) is 2.72. The highest BCUT2D eigenvalue weighted by Gasteiger charge is 2.21. The maximum absolute atomic E-state index is 5.80. The maximum Gasteiger partial charge on any atom is 0.0590 e. The van der Waals surface area contributed by atoms with Gasteiger partial charge < -0.3 is 10.1 Å². The van der Waals surface area contributed by atoms with Gasteiger partial charge in [0.05, 0.1) is 6.10 Å². The molecule has 0 bridgehead atoms. The van der Waals surface area contributed by atoms with E-state index in [9.17, 15) is 0 Å². The molecule has 0 aromatic rings. The van der Waals surface area contributed by atoms with E-state index in [1.54, 1.807) is 0 Å². The van der Waals surface area contributed by atoms with E-state index in [4.69, 9.17) is 4.74 Å². The second-order valence-corrected chi connectivity index (χ2v) is 4.31. The molecule has 0 saturated heterocycles. The van der Waals surface area contributed by atoms with Gasteiger partial charge >= 0.3 is 0 Å². The third kappa shape index (κ3) is 4.43. The minimum absolute atomic E-state index is 0.526. The first-order valence-corrected chi connectivity index (χ1v) is 6.21. The van der Waals surface area contributed by atoms with Crippen LogP contribution in [0.1, 0.15) is 52.4 Å². The molecule has 2 unspecified atom stereocenters. The Bertz CT molecular complexity index is 124. The summed E-state index contributed by atoms with van der Waals surface area (Å²) in [5.74, 6) is 0. The first-order chi connectivity index (χ1) is 6.86. The zero-order valence-corrected chi connectivity index (χ0v) is 9.72. The summed E-state index contributed by atoms with van der Waals surface area (Å²) in [4.78, 5) is 0. The van der Waals surface area contributed by atoms with Crippen molar-refractivity contribution >= 4 is 0 Å². The lowest BCUT2D eigenvalue weighted by Crippen LogP contribution is -2.37. The molecule has 1 fully saturated rings. The van der Waals surface area contributed by atoms with Gasteiger partial charge in [-0.05, 0) is 45.1 Å². The number of nitrogens with one attached hydrogen (secondary N) is 1. The second-order valence-electron chi connectivity index (χ2n) is 4.31. The summed E-state index contributed by atoms with van der Waals surface area (Å²) < 4.78 is 5.80. The minimum Gasteiger partial charge on any atom is -0.378 e. The number of rotatable bonds is 6.